The molecule has 0 bridgehead atoms. The quantitative estimate of drug-likeness (QED) is 0.487. The van der Waals surface area contributed by atoms with E-state index in [0.717, 1.165) is 0 Å². The Kier molecular flexibility index (Phi) is 9.25. The summed E-state index contributed by atoms with van der Waals surface area (Å²) in [7, 11) is 0. The minimum absolute atomic E-state index is 1.43. The van der Waals surface area contributed by atoms with Crippen LogP contribution in [0.5, 0.6) is 0 Å². The van der Waals surface area contributed by atoms with Crippen LogP contribution in [0.2, 0.25) is 10.4 Å². The molecule has 2 unspecified atom stereocenters. The van der Waals surface area contributed by atoms with Crippen LogP contribution < -0.4 is 0 Å². The molecule has 50 valence electrons. The molecule has 0 aromatic rings. The van der Waals surface area contributed by atoms with Crippen molar-refractivity contribution >= 4 is 33.7 Å². The minimum atomic E-state index is 1.43. The van der Waals surface area contributed by atoms with E-state index in [9.17, 15) is 0 Å². The Hall–Kier alpha value is 1.12. The molecule has 0 saturated heterocycles. The molecule has 0 amide bonds. The zero-order valence-electron chi connectivity index (χ0n) is 5.40. The van der Waals surface area contributed by atoms with E-state index in [4.69, 9.17) is 0 Å². The van der Waals surface area contributed by atoms with Gasteiger partial charge in [-0.15, -0.1) is 0 Å². The maximum absolute atomic E-state index is 1.88. The third-order valence-corrected chi connectivity index (χ3v) is 2.87. The molecule has 0 aliphatic heterocycles. The molecule has 0 rings (SSSR count). The van der Waals surface area contributed by atoms with Gasteiger partial charge in [0, 0.05) is 0 Å². The van der Waals surface area contributed by atoms with Crippen molar-refractivity contribution in [2.24, 2.45) is 0 Å². The average molecular weight is 238 g/mol. The standard InChI is InChI=1S/C6H16As2/c7-5-3-1-2-4-6-8/h1-8H2. The van der Waals surface area contributed by atoms with Crippen LogP contribution in [-0.2, 0) is 0 Å². The first-order valence-corrected chi connectivity index (χ1v) is 6.74. The average Bonchev–Trinajstić information content (AvgIpc) is 1.81. The zero-order chi connectivity index (χ0) is 6.24. The van der Waals surface area contributed by atoms with Crippen molar-refractivity contribution in [3.8, 4) is 0 Å². The molecule has 2 atom stereocenters. The van der Waals surface area contributed by atoms with Gasteiger partial charge in [0.1, 0.15) is 0 Å². The van der Waals surface area contributed by atoms with Crippen LogP contribution in [0, 0.1) is 0 Å². The number of unbranched alkanes of at least 4 members (excludes halogenated alkanes) is 3. The first-order valence-electron chi connectivity index (χ1n) is 3.32. The number of rotatable bonds is 5. The summed E-state index contributed by atoms with van der Waals surface area (Å²) in [4.78, 5) is 0. The topological polar surface area (TPSA) is 0 Å². The van der Waals surface area contributed by atoms with Gasteiger partial charge in [-0.3, -0.25) is 0 Å². The van der Waals surface area contributed by atoms with Crippen molar-refractivity contribution in [1.82, 2.24) is 0 Å². The summed E-state index contributed by atoms with van der Waals surface area (Å²) in [6.07, 6.45) is 5.88. The van der Waals surface area contributed by atoms with Gasteiger partial charge in [-0.2, -0.15) is 0 Å². The normalized spacial score (nSPS) is 9.75. The van der Waals surface area contributed by atoms with E-state index >= 15 is 0 Å². The molecule has 0 aliphatic rings. The van der Waals surface area contributed by atoms with E-state index in [-0.39, 0.29) is 0 Å². The second-order valence-corrected chi connectivity index (χ2v) is 4.41. The third-order valence-electron chi connectivity index (χ3n) is 1.16. The van der Waals surface area contributed by atoms with Crippen LogP contribution >= 0.6 is 0 Å². The predicted molar refractivity (Wildman–Crippen MR) is 45.2 cm³/mol. The van der Waals surface area contributed by atoms with Crippen LogP contribution in [0.4, 0.5) is 0 Å². The van der Waals surface area contributed by atoms with Crippen molar-refractivity contribution in [3.05, 3.63) is 0 Å². The van der Waals surface area contributed by atoms with E-state index in [1.165, 1.54) is 36.1 Å². The monoisotopic (exact) mass is 238 g/mol. The Balaban J connectivity index is 2.53. The van der Waals surface area contributed by atoms with Gasteiger partial charge in [0.05, 0.1) is 0 Å². The maximum atomic E-state index is 1.88. The molecular formula is C6H16As2. The summed E-state index contributed by atoms with van der Waals surface area (Å²) in [6.45, 7) is 0. The van der Waals surface area contributed by atoms with Gasteiger partial charge in [0.25, 0.3) is 0 Å². The van der Waals surface area contributed by atoms with Crippen molar-refractivity contribution < 1.29 is 0 Å². The fourth-order valence-corrected chi connectivity index (χ4v) is 1.85. The molecule has 8 heavy (non-hydrogen) atoms. The SMILES string of the molecule is [AsH2]CCCCCC[AsH2]. The second-order valence-electron chi connectivity index (χ2n) is 1.99. The van der Waals surface area contributed by atoms with Crippen LogP contribution in [0.1, 0.15) is 25.7 Å². The summed E-state index contributed by atoms with van der Waals surface area (Å²) in [5.74, 6) is 0. The van der Waals surface area contributed by atoms with Crippen LogP contribution in [-0.4, -0.2) is 33.7 Å². The molecule has 2 heteroatoms. The first kappa shape index (κ1) is 9.12. The fourth-order valence-electron chi connectivity index (χ4n) is 0.642. The number of hydrogen-bond donors (Lipinski definition) is 0. The summed E-state index contributed by atoms with van der Waals surface area (Å²) in [5.41, 5.74) is 0. The van der Waals surface area contributed by atoms with Crippen LogP contribution in [0.15, 0.2) is 0 Å². The van der Waals surface area contributed by atoms with Crippen molar-refractivity contribution in [2.75, 3.05) is 0 Å². The molecule has 0 N–H and O–H groups in total. The summed E-state index contributed by atoms with van der Waals surface area (Å²) in [6, 6.07) is 0. The summed E-state index contributed by atoms with van der Waals surface area (Å²) >= 11 is 3.76. The van der Waals surface area contributed by atoms with Crippen molar-refractivity contribution in [1.29, 1.82) is 0 Å². The molecule has 0 radical (unpaired) electrons. The van der Waals surface area contributed by atoms with E-state index in [1.807, 2.05) is 33.7 Å². The first-order chi connectivity index (χ1) is 3.91. The second kappa shape index (κ2) is 8.12. The Morgan fingerprint density at radius 1 is 0.625 bits per heavy atom. The Labute approximate surface area is 69.8 Å². The Bertz CT molecular complexity index is 31.5. The molecule has 0 heterocycles. The van der Waals surface area contributed by atoms with Crippen molar-refractivity contribution in [3.63, 3.8) is 0 Å². The predicted octanol–water partition coefficient (Wildman–Crippen LogP) is 0.650. The van der Waals surface area contributed by atoms with Crippen molar-refractivity contribution in [2.45, 2.75) is 36.1 Å². The van der Waals surface area contributed by atoms with Gasteiger partial charge in [-0.05, 0) is 0 Å². The third kappa shape index (κ3) is 7.12. The Morgan fingerprint density at radius 3 is 1.25 bits per heavy atom. The van der Waals surface area contributed by atoms with Gasteiger partial charge in [-0.25, -0.2) is 0 Å². The van der Waals surface area contributed by atoms with Crippen LogP contribution in [0.25, 0.3) is 0 Å². The van der Waals surface area contributed by atoms with E-state index < -0.39 is 0 Å². The van der Waals surface area contributed by atoms with E-state index in [1.54, 1.807) is 0 Å². The van der Waals surface area contributed by atoms with Gasteiger partial charge >= 0.3 is 69.8 Å². The summed E-state index contributed by atoms with van der Waals surface area (Å²) < 4.78 is 0. The molecular weight excluding hydrogens is 222 g/mol. The molecule has 0 spiro atoms. The van der Waals surface area contributed by atoms with Crippen LogP contribution in [0.3, 0.4) is 0 Å². The van der Waals surface area contributed by atoms with E-state index in [0.29, 0.717) is 0 Å². The van der Waals surface area contributed by atoms with Gasteiger partial charge < -0.3 is 0 Å². The molecule has 0 nitrogen and oxygen atoms in total. The van der Waals surface area contributed by atoms with Gasteiger partial charge in [-0.1, -0.05) is 0 Å². The van der Waals surface area contributed by atoms with E-state index in [2.05, 4.69) is 0 Å². The number of hydrogen-bond acceptors (Lipinski definition) is 0. The Morgan fingerprint density at radius 2 is 1.00 bits per heavy atom. The fraction of sp³-hybridized carbons (Fsp3) is 1.00. The van der Waals surface area contributed by atoms with Gasteiger partial charge in [0.2, 0.25) is 0 Å². The summed E-state index contributed by atoms with van der Waals surface area (Å²) in [5, 5.41) is 2.86. The molecule has 0 fully saturated rings. The molecule has 0 saturated carbocycles. The molecule has 0 aliphatic carbocycles. The zero-order valence-corrected chi connectivity index (χ0v) is 10.2. The molecule has 0 aromatic carbocycles. The molecule has 0 aromatic heterocycles. The van der Waals surface area contributed by atoms with Gasteiger partial charge in [0.15, 0.2) is 0 Å².